The first kappa shape index (κ1) is 19.2. The van der Waals surface area contributed by atoms with Gasteiger partial charge in [0.25, 0.3) is 5.91 Å². The number of hydrogen-bond donors (Lipinski definition) is 0. The first-order valence-corrected chi connectivity index (χ1v) is 9.11. The fourth-order valence-corrected chi connectivity index (χ4v) is 3.47. The van der Waals surface area contributed by atoms with Crippen LogP contribution in [0.15, 0.2) is 48.0 Å². The van der Waals surface area contributed by atoms with Gasteiger partial charge in [-0.25, -0.2) is 4.39 Å². The predicted molar refractivity (Wildman–Crippen MR) is 105 cm³/mol. The van der Waals surface area contributed by atoms with Crippen molar-refractivity contribution in [3.05, 3.63) is 69.5 Å². The Kier molecular flexibility index (Phi) is 6.00. The number of halogens is 3. The number of amides is 1. The molecule has 2 aromatic rings. The van der Waals surface area contributed by atoms with Crippen LogP contribution in [-0.2, 0) is 4.79 Å². The number of para-hydroxylation sites is 1. The Labute approximate surface area is 167 Å². The minimum Gasteiger partial charge on any atom is -0.366 e. The van der Waals surface area contributed by atoms with Crippen molar-refractivity contribution in [3.8, 4) is 6.07 Å². The molecule has 1 amide bonds. The summed E-state index contributed by atoms with van der Waals surface area (Å²) in [6, 6.07) is 13.5. The van der Waals surface area contributed by atoms with Crippen molar-refractivity contribution in [2.24, 2.45) is 0 Å². The summed E-state index contributed by atoms with van der Waals surface area (Å²) in [4.78, 5) is 16.2. The van der Waals surface area contributed by atoms with Gasteiger partial charge in [-0.05, 0) is 30.3 Å². The Bertz CT molecular complexity index is 911. The standard InChI is InChI=1S/C20H16Cl2FN3O/c21-16-4-3-5-17(22)15(16)12-14(13-24)20(27)26-10-8-25(9-11-26)19-7-2-1-6-18(19)23/h1-7,12H,8-11H2/b14-12+. The van der Waals surface area contributed by atoms with E-state index in [1.807, 2.05) is 11.0 Å². The zero-order valence-corrected chi connectivity index (χ0v) is 15.8. The van der Waals surface area contributed by atoms with Crippen LogP contribution >= 0.6 is 23.2 Å². The maximum atomic E-state index is 13.9. The molecule has 4 nitrogen and oxygen atoms in total. The molecule has 1 fully saturated rings. The third-order valence-corrected chi connectivity index (χ3v) is 5.06. The molecule has 0 saturated carbocycles. The lowest BCUT2D eigenvalue weighted by Crippen LogP contribution is -2.49. The summed E-state index contributed by atoms with van der Waals surface area (Å²) in [5.41, 5.74) is 0.920. The van der Waals surface area contributed by atoms with E-state index >= 15 is 0 Å². The number of nitrogens with zero attached hydrogens (tertiary/aromatic N) is 3. The molecule has 138 valence electrons. The molecule has 27 heavy (non-hydrogen) atoms. The minimum absolute atomic E-state index is 0.0376. The summed E-state index contributed by atoms with van der Waals surface area (Å²) >= 11 is 12.2. The van der Waals surface area contributed by atoms with Gasteiger partial charge in [-0.1, -0.05) is 41.4 Å². The molecule has 1 saturated heterocycles. The fourth-order valence-electron chi connectivity index (χ4n) is 2.96. The van der Waals surface area contributed by atoms with E-state index in [2.05, 4.69) is 0 Å². The van der Waals surface area contributed by atoms with Gasteiger partial charge in [0.05, 0.1) is 5.69 Å². The van der Waals surface area contributed by atoms with Crippen molar-refractivity contribution in [2.75, 3.05) is 31.1 Å². The van der Waals surface area contributed by atoms with Gasteiger partial charge < -0.3 is 9.80 Å². The van der Waals surface area contributed by atoms with E-state index in [0.29, 0.717) is 47.5 Å². The lowest BCUT2D eigenvalue weighted by Gasteiger charge is -2.36. The summed E-state index contributed by atoms with van der Waals surface area (Å²) < 4.78 is 13.9. The van der Waals surface area contributed by atoms with Crippen LogP contribution in [0.25, 0.3) is 6.08 Å². The van der Waals surface area contributed by atoms with Crippen LogP contribution in [0.1, 0.15) is 5.56 Å². The number of piperazine rings is 1. The van der Waals surface area contributed by atoms with E-state index in [-0.39, 0.29) is 17.3 Å². The summed E-state index contributed by atoms with van der Waals surface area (Å²) in [6.45, 7) is 1.75. The molecule has 0 atom stereocenters. The van der Waals surface area contributed by atoms with Gasteiger partial charge in [-0.3, -0.25) is 4.79 Å². The molecule has 1 aliphatic heterocycles. The van der Waals surface area contributed by atoms with Gasteiger partial charge in [0.15, 0.2) is 0 Å². The first-order chi connectivity index (χ1) is 13.0. The summed E-state index contributed by atoms with van der Waals surface area (Å²) in [6.07, 6.45) is 1.41. The SMILES string of the molecule is N#C/C(=C\c1c(Cl)cccc1Cl)C(=O)N1CCN(c2ccccc2F)CC1. The van der Waals surface area contributed by atoms with E-state index in [1.165, 1.54) is 12.1 Å². The van der Waals surface area contributed by atoms with E-state index < -0.39 is 0 Å². The molecule has 0 spiro atoms. The van der Waals surface area contributed by atoms with Gasteiger partial charge in [0, 0.05) is 41.8 Å². The summed E-state index contributed by atoms with van der Waals surface area (Å²) in [5, 5.41) is 10.2. The number of carbonyl (C=O) groups excluding carboxylic acids is 1. The Balaban J connectivity index is 1.74. The van der Waals surface area contributed by atoms with Crippen LogP contribution in [0, 0.1) is 17.1 Å². The maximum absolute atomic E-state index is 13.9. The minimum atomic E-state index is -0.387. The molecule has 0 radical (unpaired) electrons. The molecule has 1 heterocycles. The largest absolute Gasteiger partial charge is 0.366 e. The van der Waals surface area contributed by atoms with Crippen molar-refractivity contribution in [3.63, 3.8) is 0 Å². The zero-order valence-electron chi connectivity index (χ0n) is 14.3. The van der Waals surface area contributed by atoms with E-state index in [4.69, 9.17) is 23.2 Å². The number of hydrogen-bond acceptors (Lipinski definition) is 3. The first-order valence-electron chi connectivity index (χ1n) is 8.36. The van der Waals surface area contributed by atoms with Crippen molar-refractivity contribution in [2.45, 2.75) is 0 Å². The molecule has 0 N–H and O–H groups in total. The molecule has 7 heteroatoms. The second kappa shape index (κ2) is 8.43. The predicted octanol–water partition coefficient (Wildman–Crippen LogP) is 4.39. The van der Waals surface area contributed by atoms with Crippen LogP contribution in [0.3, 0.4) is 0 Å². The van der Waals surface area contributed by atoms with Crippen molar-refractivity contribution < 1.29 is 9.18 Å². The number of carbonyl (C=O) groups is 1. The molecule has 0 aliphatic carbocycles. The van der Waals surface area contributed by atoms with Crippen molar-refractivity contribution >= 4 is 40.9 Å². The lowest BCUT2D eigenvalue weighted by molar-refractivity contribution is -0.126. The van der Waals surface area contributed by atoms with Gasteiger partial charge in [-0.2, -0.15) is 5.26 Å². The average Bonchev–Trinajstić information content (AvgIpc) is 2.68. The quantitative estimate of drug-likeness (QED) is 0.563. The van der Waals surface area contributed by atoms with Crippen molar-refractivity contribution in [1.82, 2.24) is 4.90 Å². The smallest absolute Gasteiger partial charge is 0.264 e. The Morgan fingerprint density at radius 3 is 2.26 bits per heavy atom. The van der Waals surface area contributed by atoms with Crippen LogP contribution in [0.2, 0.25) is 10.0 Å². The molecule has 0 unspecified atom stereocenters. The number of rotatable bonds is 3. The Morgan fingerprint density at radius 2 is 1.67 bits per heavy atom. The van der Waals surface area contributed by atoms with Gasteiger partial charge in [0.2, 0.25) is 0 Å². The highest BCUT2D eigenvalue weighted by Crippen LogP contribution is 2.27. The van der Waals surface area contributed by atoms with Gasteiger partial charge in [0.1, 0.15) is 17.5 Å². The normalized spacial score (nSPS) is 14.8. The third-order valence-electron chi connectivity index (χ3n) is 4.40. The highest BCUT2D eigenvalue weighted by atomic mass is 35.5. The lowest BCUT2D eigenvalue weighted by atomic mass is 10.1. The molecule has 0 bridgehead atoms. The van der Waals surface area contributed by atoms with Crippen molar-refractivity contribution in [1.29, 1.82) is 5.26 Å². The number of anilines is 1. The monoisotopic (exact) mass is 403 g/mol. The summed E-state index contributed by atoms with van der Waals surface area (Å²) in [5.74, 6) is -0.676. The number of nitriles is 1. The fraction of sp³-hybridized carbons (Fsp3) is 0.200. The Hall–Kier alpha value is -2.55. The molecular weight excluding hydrogens is 388 g/mol. The molecule has 1 aliphatic rings. The van der Waals surface area contributed by atoms with Gasteiger partial charge >= 0.3 is 0 Å². The molecule has 2 aromatic carbocycles. The highest BCUT2D eigenvalue weighted by Gasteiger charge is 2.25. The highest BCUT2D eigenvalue weighted by molar-refractivity contribution is 6.37. The summed E-state index contributed by atoms with van der Waals surface area (Å²) in [7, 11) is 0. The Morgan fingerprint density at radius 1 is 1.04 bits per heavy atom. The maximum Gasteiger partial charge on any atom is 0.264 e. The average molecular weight is 404 g/mol. The second-order valence-corrected chi connectivity index (χ2v) is 6.85. The zero-order chi connectivity index (χ0) is 19.4. The second-order valence-electron chi connectivity index (χ2n) is 6.04. The molecular formula is C20H16Cl2FN3O. The molecule has 3 rings (SSSR count). The topological polar surface area (TPSA) is 47.3 Å². The van der Waals surface area contributed by atoms with E-state index in [1.54, 1.807) is 41.3 Å². The van der Waals surface area contributed by atoms with Gasteiger partial charge in [-0.15, -0.1) is 0 Å². The van der Waals surface area contributed by atoms with Crippen LogP contribution in [0.5, 0.6) is 0 Å². The molecule has 0 aromatic heterocycles. The third kappa shape index (κ3) is 4.24. The van der Waals surface area contributed by atoms with Crippen LogP contribution < -0.4 is 4.90 Å². The van der Waals surface area contributed by atoms with E-state index in [0.717, 1.165) is 0 Å². The van der Waals surface area contributed by atoms with E-state index in [9.17, 15) is 14.4 Å². The van der Waals surface area contributed by atoms with Crippen LogP contribution in [0.4, 0.5) is 10.1 Å². The number of benzene rings is 2. The van der Waals surface area contributed by atoms with Crippen LogP contribution in [-0.4, -0.2) is 37.0 Å².